The van der Waals surface area contributed by atoms with Crippen molar-refractivity contribution in [3.8, 4) is 6.07 Å². The largest absolute Gasteiger partial charge is 0.355 e. The predicted molar refractivity (Wildman–Crippen MR) is 136 cm³/mol. The van der Waals surface area contributed by atoms with Crippen LogP contribution in [0.15, 0.2) is 97.6 Å². The fourth-order valence-electron chi connectivity index (χ4n) is 3.59. The summed E-state index contributed by atoms with van der Waals surface area (Å²) in [5.41, 5.74) is 4.99. The molecule has 2 aromatic carbocycles. The van der Waals surface area contributed by atoms with Gasteiger partial charge in [0.2, 0.25) is 0 Å². The third-order valence-corrected chi connectivity index (χ3v) is 5.24. The molecule has 35 heavy (non-hydrogen) atoms. The maximum Gasteiger partial charge on any atom is 0.256 e. The predicted octanol–water partition coefficient (Wildman–Crippen LogP) is 5.64. The van der Waals surface area contributed by atoms with Crippen LogP contribution in [0.4, 0.5) is 28.6 Å². The number of anilines is 5. The number of nitriles is 1. The number of nitrogens with zero attached hydrogens (tertiary/aromatic N) is 4. The van der Waals surface area contributed by atoms with Gasteiger partial charge in [-0.3, -0.25) is 14.8 Å². The van der Waals surface area contributed by atoms with E-state index in [2.05, 4.69) is 37.0 Å². The van der Waals surface area contributed by atoms with Gasteiger partial charge in [-0.25, -0.2) is 4.98 Å². The van der Waals surface area contributed by atoms with Crippen LogP contribution in [0.5, 0.6) is 0 Å². The lowest BCUT2D eigenvalue weighted by Gasteiger charge is -2.12. The van der Waals surface area contributed by atoms with Gasteiger partial charge >= 0.3 is 0 Å². The van der Waals surface area contributed by atoms with Gasteiger partial charge in [0.05, 0.1) is 17.1 Å². The van der Waals surface area contributed by atoms with Gasteiger partial charge in [-0.05, 0) is 60.7 Å². The Labute approximate surface area is 201 Å². The van der Waals surface area contributed by atoms with Crippen LogP contribution >= 0.6 is 0 Å². The first-order chi connectivity index (χ1) is 17.2. The minimum absolute atomic E-state index is 0.284. The minimum Gasteiger partial charge on any atom is -0.355 e. The van der Waals surface area contributed by atoms with E-state index in [1.165, 1.54) is 0 Å². The van der Waals surface area contributed by atoms with Gasteiger partial charge < -0.3 is 16.0 Å². The van der Waals surface area contributed by atoms with Crippen LogP contribution in [0.25, 0.3) is 10.9 Å². The summed E-state index contributed by atoms with van der Waals surface area (Å²) >= 11 is 0. The van der Waals surface area contributed by atoms with E-state index in [0.717, 1.165) is 33.7 Å². The highest BCUT2D eigenvalue weighted by Gasteiger charge is 2.10. The monoisotopic (exact) mass is 457 g/mol. The van der Waals surface area contributed by atoms with E-state index in [4.69, 9.17) is 0 Å². The first-order valence-electron chi connectivity index (χ1n) is 10.8. The summed E-state index contributed by atoms with van der Waals surface area (Å²) in [5, 5.41) is 19.5. The van der Waals surface area contributed by atoms with Gasteiger partial charge in [0.15, 0.2) is 0 Å². The lowest BCUT2D eigenvalue weighted by molar-refractivity contribution is 0.102. The van der Waals surface area contributed by atoms with Gasteiger partial charge in [-0.2, -0.15) is 5.26 Å². The number of hydrogen-bond donors (Lipinski definition) is 3. The van der Waals surface area contributed by atoms with Gasteiger partial charge in [-0.1, -0.05) is 6.07 Å². The number of fused-ring (bicyclic) bond motifs is 1. The zero-order valence-electron chi connectivity index (χ0n) is 18.4. The lowest BCUT2D eigenvalue weighted by atomic mass is 10.1. The van der Waals surface area contributed by atoms with Gasteiger partial charge in [0, 0.05) is 64.6 Å². The molecule has 5 rings (SSSR count). The van der Waals surface area contributed by atoms with Crippen LogP contribution in [-0.4, -0.2) is 20.9 Å². The van der Waals surface area contributed by atoms with Crippen LogP contribution in [0.1, 0.15) is 15.9 Å². The maximum atomic E-state index is 12.9. The highest BCUT2D eigenvalue weighted by Crippen LogP contribution is 2.27. The van der Waals surface area contributed by atoms with Crippen molar-refractivity contribution in [2.45, 2.75) is 0 Å². The summed E-state index contributed by atoms with van der Waals surface area (Å²) in [6.45, 7) is 0. The van der Waals surface area contributed by atoms with Gasteiger partial charge in [0.25, 0.3) is 5.91 Å². The van der Waals surface area contributed by atoms with E-state index in [1.54, 1.807) is 61.2 Å². The zero-order valence-corrected chi connectivity index (χ0v) is 18.4. The topological polar surface area (TPSA) is 116 Å². The molecular weight excluding hydrogens is 438 g/mol. The minimum atomic E-state index is -0.284. The molecule has 0 spiro atoms. The Hall–Kier alpha value is -5.29. The molecule has 1 amide bonds. The third kappa shape index (κ3) is 5.05. The van der Waals surface area contributed by atoms with Crippen LogP contribution in [0.3, 0.4) is 0 Å². The second kappa shape index (κ2) is 9.68. The van der Waals surface area contributed by atoms with E-state index in [1.807, 2.05) is 36.4 Å². The fourth-order valence-corrected chi connectivity index (χ4v) is 3.59. The van der Waals surface area contributed by atoms with Crippen molar-refractivity contribution in [3.05, 3.63) is 109 Å². The van der Waals surface area contributed by atoms with E-state index in [-0.39, 0.29) is 5.91 Å². The number of carbonyl (C=O) groups excluding carboxylic acids is 1. The molecule has 8 heteroatoms. The number of rotatable bonds is 6. The van der Waals surface area contributed by atoms with Gasteiger partial charge in [0.1, 0.15) is 5.82 Å². The fraction of sp³-hybridized carbons (Fsp3) is 0. The zero-order chi connectivity index (χ0) is 24.0. The standard InChI is InChI=1S/C27H19N7O/c28-17-18-4-5-24-23(14-18)25(9-13-30-24)33-21-3-1-2-19(15-21)27(35)34-26-16-22(8-12-31-26)32-20-6-10-29-11-7-20/h1-16H,(H,30,33)(H2,29,31,32,34,35). The van der Waals surface area contributed by atoms with Crippen LogP contribution in [0, 0.1) is 11.3 Å². The second-order valence-electron chi connectivity index (χ2n) is 7.65. The number of carbonyl (C=O) groups is 1. The van der Waals surface area contributed by atoms with Crippen molar-refractivity contribution in [1.29, 1.82) is 5.26 Å². The Morgan fingerprint density at radius 3 is 2.43 bits per heavy atom. The molecule has 168 valence electrons. The third-order valence-electron chi connectivity index (χ3n) is 5.24. The van der Waals surface area contributed by atoms with E-state index in [9.17, 15) is 10.1 Å². The Kier molecular flexibility index (Phi) is 5.96. The molecule has 8 nitrogen and oxygen atoms in total. The number of amides is 1. The lowest BCUT2D eigenvalue weighted by Crippen LogP contribution is -2.13. The molecular formula is C27H19N7O. The number of benzene rings is 2. The molecule has 0 atom stereocenters. The summed E-state index contributed by atoms with van der Waals surface area (Å²) in [7, 11) is 0. The van der Waals surface area contributed by atoms with Crippen molar-refractivity contribution in [1.82, 2.24) is 15.0 Å². The van der Waals surface area contributed by atoms with Crippen molar-refractivity contribution < 1.29 is 4.79 Å². The Morgan fingerprint density at radius 1 is 0.771 bits per heavy atom. The van der Waals surface area contributed by atoms with Crippen molar-refractivity contribution in [3.63, 3.8) is 0 Å². The van der Waals surface area contributed by atoms with E-state index < -0.39 is 0 Å². The molecule has 0 aliphatic rings. The molecule has 3 N–H and O–H groups in total. The molecule has 0 unspecified atom stereocenters. The molecule has 0 aliphatic heterocycles. The summed E-state index contributed by atoms with van der Waals surface area (Å²) in [6, 6.07) is 23.8. The quantitative estimate of drug-likeness (QED) is 0.302. The molecule has 0 saturated carbocycles. The van der Waals surface area contributed by atoms with E-state index in [0.29, 0.717) is 16.9 Å². The first kappa shape index (κ1) is 21.6. The number of pyridine rings is 3. The molecule has 0 bridgehead atoms. The molecule has 0 radical (unpaired) electrons. The van der Waals surface area contributed by atoms with Crippen molar-refractivity contribution in [2.75, 3.05) is 16.0 Å². The highest BCUT2D eigenvalue weighted by atomic mass is 16.1. The molecule has 5 aromatic rings. The maximum absolute atomic E-state index is 12.9. The van der Waals surface area contributed by atoms with Crippen molar-refractivity contribution >= 4 is 45.4 Å². The SMILES string of the molecule is N#Cc1ccc2nccc(Nc3cccc(C(=O)Nc4cc(Nc5ccncc5)ccn4)c3)c2c1. The average Bonchev–Trinajstić information content (AvgIpc) is 2.89. The number of aromatic nitrogens is 3. The van der Waals surface area contributed by atoms with Crippen LogP contribution < -0.4 is 16.0 Å². The summed E-state index contributed by atoms with van der Waals surface area (Å²) < 4.78 is 0. The van der Waals surface area contributed by atoms with Crippen LogP contribution in [-0.2, 0) is 0 Å². The van der Waals surface area contributed by atoms with E-state index >= 15 is 0 Å². The molecule has 0 saturated heterocycles. The second-order valence-corrected chi connectivity index (χ2v) is 7.65. The van der Waals surface area contributed by atoms with Crippen LogP contribution in [0.2, 0.25) is 0 Å². The first-order valence-corrected chi connectivity index (χ1v) is 10.8. The Bertz CT molecular complexity index is 1560. The Balaban J connectivity index is 1.33. The number of hydrogen-bond acceptors (Lipinski definition) is 7. The molecule has 0 aliphatic carbocycles. The normalized spacial score (nSPS) is 10.4. The Morgan fingerprint density at radius 2 is 1.57 bits per heavy atom. The highest BCUT2D eigenvalue weighted by molar-refractivity contribution is 6.04. The molecule has 3 heterocycles. The summed E-state index contributed by atoms with van der Waals surface area (Å²) in [4.78, 5) is 25.5. The molecule has 0 fully saturated rings. The summed E-state index contributed by atoms with van der Waals surface area (Å²) in [6.07, 6.45) is 6.72. The summed E-state index contributed by atoms with van der Waals surface area (Å²) in [5.74, 6) is 0.144. The van der Waals surface area contributed by atoms with Gasteiger partial charge in [-0.15, -0.1) is 0 Å². The molecule has 3 aromatic heterocycles. The smallest absolute Gasteiger partial charge is 0.256 e. The van der Waals surface area contributed by atoms with Crippen molar-refractivity contribution in [2.24, 2.45) is 0 Å². The average molecular weight is 457 g/mol. The number of nitrogens with one attached hydrogen (secondary N) is 3.